The lowest BCUT2D eigenvalue weighted by Crippen LogP contribution is -2.19. The van der Waals surface area contributed by atoms with Crippen molar-refractivity contribution in [2.24, 2.45) is 5.73 Å². The number of anilines is 1. The van der Waals surface area contributed by atoms with Crippen molar-refractivity contribution in [2.75, 3.05) is 11.1 Å². The van der Waals surface area contributed by atoms with Gasteiger partial charge < -0.3 is 11.1 Å². The second-order valence-electron chi connectivity index (χ2n) is 2.83. The summed E-state index contributed by atoms with van der Waals surface area (Å²) in [5, 5.41) is 2.60. The molecule has 0 saturated heterocycles. The standard InChI is InChI=1S/C10H14N2OS/c1-2-7-14-9-6-4-3-5-8(9)12-10(11)13/h3-6H,2,7H2,1H3,(H3,11,12,13). The first-order valence-corrected chi connectivity index (χ1v) is 5.51. The fourth-order valence-corrected chi connectivity index (χ4v) is 1.91. The lowest BCUT2D eigenvalue weighted by molar-refractivity contribution is 0.259. The van der Waals surface area contributed by atoms with Gasteiger partial charge in [-0.1, -0.05) is 19.1 Å². The summed E-state index contributed by atoms with van der Waals surface area (Å²) in [5.74, 6) is 1.04. The predicted octanol–water partition coefficient (Wildman–Crippen LogP) is 2.68. The van der Waals surface area contributed by atoms with Crippen molar-refractivity contribution in [1.29, 1.82) is 0 Å². The predicted molar refractivity (Wildman–Crippen MR) is 60.7 cm³/mol. The molecule has 0 saturated carbocycles. The summed E-state index contributed by atoms with van der Waals surface area (Å²) in [5.41, 5.74) is 5.85. The van der Waals surface area contributed by atoms with Crippen LogP contribution in [0, 0.1) is 0 Å². The van der Waals surface area contributed by atoms with Gasteiger partial charge in [0.05, 0.1) is 5.69 Å². The number of hydrogen-bond donors (Lipinski definition) is 2. The molecule has 0 radical (unpaired) electrons. The van der Waals surface area contributed by atoms with Gasteiger partial charge in [0.2, 0.25) is 0 Å². The molecule has 1 aromatic carbocycles. The Morgan fingerprint density at radius 1 is 1.50 bits per heavy atom. The van der Waals surface area contributed by atoms with E-state index in [0.717, 1.165) is 22.8 Å². The summed E-state index contributed by atoms with van der Waals surface area (Å²) in [7, 11) is 0. The van der Waals surface area contributed by atoms with Crippen LogP contribution >= 0.6 is 11.8 Å². The van der Waals surface area contributed by atoms with Gasteiger partial charge in [-0.3, -0.25) is 0 Å². The minimum atomic E-state index is -0.519. The average molecular weight is 210 g/mol. The van der Waals surface area contributed by atoms with Gasteiger partial charge in [-0.05, 0) is 24.3 Å². The molecule has 4 heteroatoms. The molecule has 0 bridgehead atoms. The van der Waals surface area contributed by atoms with Crippen molar-refractivity contribution in [3.05, 3.63) is 24.3 Å². The van der Waals surface area contributed by atoms with E-state index in [1.807, 2.05) is 24.3 Å². The maximum Gasteiger partial charge on any atom is 0.316 e. The Kier molecular flexibility index (Phi) is 4.32. The van der Waals surface area contributed by atoms with Crippen LogP contribution in [0.3, 0.4) is 0 Å². The topological polar surface area (TPSA) is 55.1 Å². The normalized spacial score (nSPS) is 9.79. The summed E-state index contributed by atoms with van der Waals surface area (Å²) in [6.45, 7) is 2.12. The number of carbonyl (C=O) groups excluding carboxylic acids is 1. The second-order valence-corrected chi connectivity index (χ2v) is 3.97. The third-order valence-electron chi connectivity index (χ3n) is 1.61. The van der Waals surface area contributed by atoms with Gasteiger partial charge in [0.25, 0.3) is 0 Å². The number of thioether (sulfide) groups is 1. The van der Waals surface area contributed by atoms with Crippen LogP contribution in [0.1, 0.15) is 13.3 Å². The lowest BCUT2D eigenvalue weighted by Gasteiger charge is -2.07. The van der Waals surface area contributed by atoms with Crippen LogP contribution < -0.4 is 11.1 Å². The smallest absolute Gasteiger partial charge is 0.316 e. The number of carbonyl (C=O) groups is 1. The van der Waals surface area contributed by atoms with Crippen LogP contribution in [0.15, 0.2) is 29.2 Å². The first-order valence-electron chi connectivity index (χ1n) is 4.52. The number of hydrogen-bond acceptors (Lipinski definition) is 2. The van der Waals surface area contributed by atoms with Crippen molar-refractivity contribution in [3.63, 3.8) is 0 Å². The van der Waals surface area contributed by atoms with Crippen molar-refractivity contribution in [3.8, 4) is 0 Å². The van der Waals surface area contributed by atoms with Crippen LogP contribution in [0.4, 0.5) is 10.5 Å². The Labute approximate surface area is 88.1 Å². The number of para-hydroxylation sites is 1. The number of primary amides is 1. The highest BCUT2D eigenvalue weighted by atomic mass is 32.2. The molecule has 0 fully saturated rings. The molecule has 1 rings (SSSR count). The zero-order valence-electron chi connectivity index (χ0n) is 8.12. The van der Waals surface area contributed by atoms with E-state index in [0.29, 0.717) is 0 Å². The first-order chi connectivity index (χ1) is 6.74. The lowest BCUT2D eigenvalue weighted by atomic mass is 10.3. The highest BCUT2D eigenvalue weighted by molar-refractivity contribution is 7.99. The fourth-order valence-electron chi connectivity index (χ4n) is 1.04. The molecule has 0 aliphatic heterocycles. The van der Waals surface area contributed by atoms with Gasteiger partial charge in [0, 0.05) is 4.90 Å². The quantitative estimate of drug-likeness (QED) is 0.751. The molecule has 2 amide bonds. The Balaban J connectivity index is 2.74. The number of rotatable bonds is 4. The van der Waals surface area contributed by atoms with Crippen LogP contribution in [-0.2, 0) is 0 Å². The molecule has 0 heterocycles. The minimum absolute atomic E-state index is 0.519. The summed E-state index contributed by atoms with van der Waals surface area (Å²) in [6, 6.07) is 7.13. The molecule has 14 heavy (non-hydrogen) atoms. The number of amides is 2. The Hall–Kier alpha value is -1.16. The highest BCUT2D eigenvalue weighted by Gasteiger charge is 2.02. The molecule has 1 aromatic rings. The molecule has 0 unspecified atom stereocenters. The van der Waals surface area contributed by atoms with Crippen molar-refractivity contribution in [2.45, 2.75) is 18.2 Å². The van der Waals surface area contributed by atoms with Gasteiger partial charge in [-0.25, -0.2) is 4.79 Å². The van der Waals surface area contributed by atoms with Crippen LogP contribution in [0.5, 0.6) is 0 Å². The van der Waals surface area contributed by atoms with Crippen molar-refractivity contribution >= 4 is 23.5 Å². The van der Waals surface area contributed by atoms with Crippen molar-refractivity contribution < 1.29 is 4.79 Å². The number of urea groups is 1. The Morgan fingerprint density at radius 3 is 2.86 bits per heavy atom. The van der Waals surface area contributed by atoms with E-state index in [4.69, 9.17) is 5.73 Å². The van der Waals surface area contributed by atoms with Gasteiger partial charge in [-0.2, -0.15) is 0 Å². The Morgan fingerprint density at radius 2 is 2.21 bits per heavy atom. The molecule has 0 aliphatic carbocycles. The van der Waals surface area contributed by atoms with E-state index in [9.17, 15) is 4.79 Å². The van der Waals surface area contributed by atoms with Crippen LogP contribution in [0.2, 0.25) is 0 Å². The fraction of sp³-hybridized carbons (Fsp3) is 0.300. The van der Waals surface area contributed by atoms with E-state index >= 15 is 0 Å². The summed E-state index contributed by atoms with van der Waals surface area (Å²) in [6.07, 6.45) is 1.11. The van der Waals surface area contributed by atoms with Crippen molar-refractivity contribution in [1.82, 2.24) is 0 Å². The highest BCUT2D eigenvalue weighted by Crippen LogP contribution is 2.26. The monoisotopic (exact) mass is 210 g/mol. The molecule has 3 N–H and O–H groups in total. The molecule has 76 valence electrons. The number of benzene rings is 1. The maximum absolute atomic E-state index is 10.7. The van der Waals surface area contributed by atoms with Gasteiger partial charge in [0.1, 0.15) is 0 Å². The zero-order chi connectivity index (χ0) is 10.4. The SMILES string of the molecule is CCCSc1ccccc1NC(N)=O. The van der Waals surface area contributed by atoms with Gasteiger partial charge >= 0.3 is 6.03 Å². The van der Waals surface area contributed by atoms with Crippen LogP contribution in [-0.4, -0.2) is 11.8 Å². The summed E-state index contributed by atoms with van der Waals surface area (Å²) in [4.78, 5) is 11.8. The molecular weight excluding hydrogens is 196 g/mol. The van der Waals surface area contributed by atoms with E-state index in [2.05, 4.69) is 12.2 Å². The van der Waals surface area contributed by atoms with E-state index in [-0.39, 0.29) is 0 Å². The Bertz CT molecular complexity index is 315. The largest absolute Gasteiger partial charge is 0.351 e. The summed E-state index contributed by atoms with van der Waals surface area (Å²) >= 11 is 1.72. The number of nitrogens with two attached hydrogens (primary N) is 1. The molecule has 0 atom stereocenters. The van der Waals surface area contributed by atoms with Gasteiger partial charge in [-0.15, -0.1) is 11.8 Å². The van der Waals surface area contributed by atoms with Crippen LogP contribution in [0.25, 0.3) is 0 Å². The minimum Gasteiger partial charge on any atom is -0.351 e. The molecule has 0 aromatic heterocycles. The third kappa shape index (κ3) is 3.30. The average Bonchev–Trinajstić information content (AvgIpc) is 2.16. The second kappa shape index (κ2) is 5.54. The van der Waals surface area contributed by atoms with E-state index < -0.39 is 6.03 Å². The molecule has 0 spiro atoms. The zero-order valence-corrected chi connectivity index (χ0v) is 8.93. The summed E-state index contributed by atoms with van der Waals surface area (Å²) < 4.78 is 0. The molecular formula is C10H14N2OS. The van der Waals surface area contributed by atoms with E-state index in [1.165, 1.54) is 0 Å². The van der Waals surface area contributed by atoms with Gasteiger partial charge in [0.15, 0.2) is 0 Å². The van der Waals surface area contributed by atoms with E-state index in [1.54, 1.807) is 11.8 Å². The maximum atomic E-state index is 10.7. The molecule has 0 aliphatic rings. The third-order valence-corrected chi connectivity index (χ3v) is 2.89. The number of nitrogens with one attached hydrogen (secondary N) is 1. The first kappa shape index (κ1) is 10.9. The molecule has 3 nitrogen and oxygen atoms in total.